The summed E-state index contributed by atoms with van der Waals surface area (Å²) in [4.78, 5) is 23.1. The lowest BCUT2D eigenvalue weighted by Gasteiger charge is -2.26. The lowest BCUT2D eigenvalue weighted by molar-refractivity contribution is -0.117. The third-order valence-corrected chi connectivity index (χ3v) is 4.54. The fraction of sp³-hybridized carbons (Fsp3) is 0.474. The molecule has 1 saturated carbocycles. The Hall–Kier alpha value is -2.34. The highest BCUT2D eigenvalue weighted by Crippen LogP contribution is 2.26. The van der Waals surface area contributed by atoms with Crippen LogP contribution in [-0.4, -0.2) is 24.0 Å². The molecule has 2 amide bonds. The van der Waals surface area contributed by atoms with Gasteiger partial charge in [-0.25, -0.2) is 0 Å². The molecule has 3 atom stereocenters. The van der Waals surface area contributed by atoms with Gasteiger partial charge in [0.05, 0.1) is 12.7 Å². The van der Waals surface area contributed by atoms with Gasteiger partial charge in [-0.2, -0.15) is 5.11 Å². The van der Waals surface area contributed by atoms with Crippen LogP contribution in [0.2, 0.25) is 0 Å². The summed E-state index contributed by atoms with van der Waals surface area (Å²) in [5.74, 6) is -0.0270. The number of hydrogen-bond acceptors (Lipinski definition) is 4. The van der Waals surface area contributed by atoms with E-state index in [-0.39, 0.29) is 5.91 Å². The molecular weight excluding hydrogens is 318 g/mol. The first-order chi connectivity index (χ1) is 12.1. The molecular formula is C19H23N3O3. The maximum absolute atomic E-state index is 12.2. The number of nitrogens with zero attached hydrogens (tertiary/aromatic N) is 2. The average Bonchev–Trinajstić information content (AvgIpc) is 2.61. The van der Waals surface area contributed by atoms with E-state index in [0.29, 0.717) is 18.4 Å². The summed E-state index contributed by atoms with van der Waals surface area (Å²) in [5.41, 5.74) is 1.70. The number of amides is 2. The van der Waals surface area contributed by atoms with Crippen molar-refractivity contribution in [2.45, 2.75) is 51.4 Å². The van der Waals surface area contributed by atoms with Gasteiger partial charge in [0, 0.05) is 11.8 Å². The predicted molar refractivity (Wildman–Crippen MR) is 94.1 cm³/mol. The van der Waals surface area contributed by atoms with Crippen molar-refractivity contribution in [2.75, 3.05) is 5.32 Å². The second-order valence-corrected chi connectivity index (χ2v) is 6.75. The molecule has 25 heavy (non-hydrogen) atoms. The Labute approximate surface area is 147 Å². The molecule has 1 heterocycles. The van der Waals surface area contributed by atoms with Crippen LogP contribution in [0.5, 0.6) is 0 Å². The molecule has 2 aliphatic rings. The molecule has 1 N–H and O–H groups in total. The second kappa shape index (κ2) is 8.16. The molecule has 0 spiro atoms. The first-order valence-corrected chi connectivity index (χ1v) is 8.74. The maximum atomic E-state index is 12.2. The highest BCUT2D eigenvalue weighted by atomic mass is 16.5. The van der Waals surface area contributed by atoms with E-state index in [1.54, 1.807) is 0 Å². The van der Waals surface area contributed by atoms with Crippen LogP contribution in [0, 0.1) is 5.92 Å². The topological polar surface area (TPSA) is 80.1 Å². The van der Waals surface area contributed by atoms with E-state index in [2.05, 4.69) is 22.5 Å². The third kappa shape index (κ3) is 5.06. The molecule has 1 aromatic rings. The van der Waals surface area contributed by atoms with Gasteiger partial charge < -0.3 is 10.1 Å². The van der Waals surface area contributed by atoms with Crippen LogP contribution in [0.4, 0.5) is 5.69 Å². The fourth-order valence-corrected chi connectivity index (χ4v) is 3.20. The lowest BCUT2D eigenvalue weighted by atomic mass is 9.89. The molecule has 6 heteroatoms. The molecule has 3 unspecified atom stereocenters. The van der Waals surface area contributed by atoms with Gasteiger partial charge in [-0.05, 0) is 42.5 Å². The molecule has 132 valence electrons. The van der Waals surface area contributed by atoms with Crippen LogP contribution in [0.15, 0.2) is 46.6 Å². The average molecular weight is 341 g/mol. The molecule has 0 bridgehead atoms. The molecule has 0 saturated heterocycles. The minimum atomic E-state index is -0.763. The monoisotopic (exact) mass is 341 g/mol. The highest BCUT2D eigenvalue weighted by Gasteiger charge is 2.20. The van der Waals surface area contributed by atoms with E-state index in [1.165, 1.54) is 25.0 Å². The summed E-state index contributed by atoms with van der Waals surface area (Å²) in [6.45, 7) is 2.81. The molecule has 1 fully saturated rings. The SMILES string of the molecule is CC1CCCC(OCc2cccc(NC(=O)C3C=CC(=O)N=N3)c2)C1. The summed E-state index contributed by atoms with van der Waals surface area (Å²) in [6.07, 6.45) is 7.79. The van der Waals surface area contributed by atoms with Gasteiger partial charge >= 0.3 is 0 Å². The Morgan fingerprint density at radius 3 is 3.00 bits per heavy atom. The van der Waals surface area contributed by atoms with Gasteiger partial charge in [-0.15, -0.1) is 5.11 Å². The molecule has 1 aliphatic carbocycles. The fourth-order valence-electron chi connectivity index (χ4n) is 3.20. The number of hydrogen-bond donors (Lipinski definition) is 1. The standard InChI is InChI=1S/C19H23N3O3/c1-13-4-2-7-16(10-13)25-12-14-5-3-6-15(11-14)20-19(24)17-8-9-18(23)22-21-17/h3,5-6,8-9,11,13,16-17H,2,4,7,10,12H2,1H3,(H,20,24). The predicted octanol–water partition coefficient (Wildman–Crippen LogP) is 3.64. The first kappa shape index (κ1) is 17.5. The van der Waals surface area contributed by atoms with Crippen LogP contribution < -0.4 is 5.32 Å². The minimum Gasteiger partial charge on any atom is -0.374 e. The Morgan fingerprint density at radius 1 is 1.36 bits per heavy atom. The number of benzene rings is 1. The first-order valence-electron chi connectivity index (χ1n) is 8.74. The van der Waals surface area contributed by atoms with Crippen LogP contribution in [-0.2, 0) is 20.9 Å². The Bertz CT molecular complexity index is 683. The van der Waals surface area contributed by atoms with Crippen LogP contribution in [0.1, 0.15) is 38.2 Å². The smallest absolute Gasteiger partial charge is 0.287 e. The van der Waals surface area contributed by atoms with Crippen LogP contribution in [0.3, 0.4) is 0 Å². The van der Waals surface area contributed by atoms with Crippen molar-refractivity contribution in [3.05, 3.63) is 42.0 Å². The number of anilines is 1. The number of carbonyl (C=O) groups is 2. The van der Waals surface area contributed by atoms with E-state index in [0.717, 1.165) is 24.3 Å². The van der Waals surface area contributed by atoms with Gasteiger partial charge in [-0.3, -0.25) is 9.59 Å². The number of carbonyl (C=O) groups excluding carboxylic acids is 2. The molecule has 0 aromatic heterocycles. The Kier molecular flexibility index (Phi) is 5.71. The zero-order valence-electron chi connectivity index (χ0n) is 14.4. The van der Waals surface area contributed by atoms with Gasteiger partial charge in [0.25, 0.3) is 11.8 Å². The quantitative estimate of drug-likeness (QED) is 0.888. The van der Waals surface area contributed by atoms with E-state index in [1.807, 2.05) is 24.3 Å². The summed E-state index contributed by atoms with van der Waals surface area (Å²) in [6, 6.07) is 6.83. The van der Waals surface area contributed by atoms with Gasteiger partial charge in [0.15, 0.2) is 6.04 Å². The number of azo groups is 1. The van der Waals surface area contributed by atoms with E-state index in [9.17, 15) is 9.59 Å². The van der Waals surface area contributed by atoms with E-state index >= 15 is 0 Å². The third-order valence-electron chi connectivity index (χ3n) is 4.54. The Balaban J connectivity index is 1.54. The van der Waals surface area contributed by atoms with Crippen LogP contribution in [0.25, 0.3) is 0 Å². The van der Waals surface area contributed by atoms with Gasteiger partial charge in [0.1, 0.15) is 0 Å². The van der Waals surface area contributed by atoms with Crippen LogP contribution >= 0.6 is 0 Å². The van der Waals surface area contributed by atoms with Crippen molar-refractivity contribution < 1.29 is 14.3 Å². The zero-order chi connectivity index (χ0) is 17.6. The van der Waals surface area contributed by atoms with Gasteiger partial charge in [0.2, 0.25) is 0 Å². The lowest BCUT2D eigenvalue weighted by Crippen LogP contribution is -2.26. The second-order valence-electron chi connectivity index (χ2n) is 6.75. The van der Waals surface area contributed by atoms with Crippen molar-refractivity contribution in [1.29, 1.82) is 0 Å². The summed E-state index contributed by atoms with van der Waals surface area (Å²) < 4.78 is 6.03. The number of ether oxygens (including phenoxy) is 1. The highest BCUT2D eigenvalue weighted by molar-refractivity contribution is 5.98. The number of rotatable bonds is 5. The van der Waals surface area contributed by atoms with E-state index < -0.39 is 11.9 Å². The molecule has 6 nitrogen and oxygen atoms in total. The van der Waals surface area contributed by atoms with Crippen molar-refractivity contribution in [3.63, 3.8) is 0 Å². The number of nitrogens with one attached hydrogen (secondary N) is 1. The van der Waals surface area contributed by atoms with E-state index in [4.69, 9.17) is 4.74 Å². The van der Waals surface area contributed by atoms with Crippen molar-refractivity contribution in [3.8, 4) is 0 Å². The van der Waals surface area contributed by atoms with Crippen molar-refractivity contribution >= 4 is 17.5 Å². The largest absolute Gasteiger partial charge is 0.374 e. The Morgan fingerprint density at radius 2 is 2.24 bits per heavy atom. The zero-order valence-corrected chi connectivity index (χ0v) is 14.4. The molecule has 3 rings (SSSR count). The molecule has 1 aliphatic heterocycles. The summed E-state index contributed by atoms with van der Waals surface area (Å²) >= 11 is 0. The summed E-state index contributed by atoms with van der Waals surface area (Å²) in [5, 5.41) is 9.88. The van der Waals surface area contributed by atoms with Gasteiger partial charge in [-0.1, -0.05) is 31.9 Å². The summed E-state index contributed by atoms with van der Waals surface area (Å²) in [7, 11) is 0. The molecule has 1 aromatic carbocycles. The van der Waals surface area contributed by atoms with Crippen molar-refractivity contribution in [1.82, 2.24) is 0 Å². The minimum absolute atomic E-state index is 0.313. The molecule has 0 radical (unpaired) electrons. The maximum Gasteiger partial charge on any atom is 0.287 e. The normalized spacial score (nSPS) is 25.8. The van der Waals surface area contributed by atoms with Crippen molar-refractivity contribution in [2.24, 2.45) is 16.1 Å².